The van der Waals surface area contributed by atoms with Crippen LogP contribution in [0.2, 0.25) is 5.02 Å². The van der Waals surface area contributed by atoms with Gasteiger partial charge in [-0.05, 0) is 29.8 Å². The number of halogens is 1. The van der Waals surface area contributed by atoms with Crippen molar-refractivity contribution in [2.24, 2.45) is 5.16 Å². The van der Waals surface area contributed by atoms with Crippen molar-refractivity contribution in [2.45, 2.75) is 6.54 Å². The summed E-state index contributed by atoms with van der Waals surface area (Å²) >= 11 is 6.12. The van der Waals surface area contributed by atoms with E-state index in [9.17, 15) is 4.79 Å². The van der Waals surface area contributed by atoms with Gasteiger partial charge < -0.3 is 24.4 Å². The van der Waals surface area contributed by atoms with Gasteiger partial charge in [-0.2, -0.15) is 0 Å². The number of hydrogen-bond acceptors (Lipinski definition) is 6. The Morgan fingerprint density at radius 3 is 2.67 bits per heavy atom. The van der Waals surface area contributed by atoms with E-state index in [4.69, 9.17) is 30.6 Å². The van der Waals surface area contributed by atoms with Crippen molar-refractivity contribution in [2.75, 3.05) is 27.9 Å². The summed E-state index contributed by atoms with van der Waals surface area (Å²) < 4.78 is 15.5. The Bertz CT molecular complexity index is 811. The van der Waals surface area contributed by atoms with Crippen molar-refractivity contribution in [3.63, 3.8) is 0 Å². The zero-order valence-corrected chi connectivity index (χ0v) is 16.1. The number of carbonyl (C=O) groups excluding carboxylic acids is 1. The van der Waals surface area contributed by atoms with Crippen LogP contribution < -0.4 is 19.5 Å². The average molecular weight is 393 g/mol. The van der Waals surface area contributed by atoms with Crippen LogP contribution in [0.25, 0.3) is 0 Å². The first-order valence-corrected chi connectivity index (χ1v) is 8.41. The van der Waals surface area contributed by atoms with Crippen LogP contribution in [0.3, 0.4) is 0 Å². The van der Waals surface area contributed by atoms with E-state index in [1.54, 1.807) is 19.2 Å². The summed E-state index contributed by atoms with van der Waals surface area (Å²) in [5.74, 6) is 1.35. The molecule has 0 aliphatic carbocycles. The lowest BCUT2D eigenvalue weighted by Crippen LogP contribution is -2.26. The summed E-state index contributed by atoms with van der Waals surface area (Å²) in [7, 11) is 4.61. The maximum Gasteiger partial charge on any atom is 0.261 e. The van der Waals surface area contributed by atoms with E-state index in [1.165, 1.54) is 20.4 Å². The zero-order valence-electron chi connectivity index (χ0n) is 15.3. The molecule has 2 aromatic rings. The van der Waals surface area contributed by atoms with E-state index in [-0.39, 0.29) is 12.5 Å². The number of nitrogens with zero attached hydrogens (tertiary/aromatic N) is 1. The van der Waals surface area contributed by atoms with Gasteiger partial charge in [-0.1, -0.05) is 28.9 Å². The molecule has 0 aromatic heterocycles. The van der Waals surface area contributed by atoms with E-state index in [1.807, 2.05) is 24.3 Å². The van der Waals surface area contributed by atoms with Crippen LogP contribution in [0.15, 0.2) is 41.6 Å². The number of nitrogens with one attached hydrogen (secondary N) is 1. The summed E-state index contributed by atoms with van der Waals surface area (Å²) in [5, 5.41) is 6.90. The molecule has 1 N–H and O–H groups in total. The molecule has 0 aliphatic heterocycles. The van der Waals surface area contributed by atoms with Crippen molar-refractivity contribution in [1.82, 2.24) is 5.32 Å². The van der Waals surface area contributed by atoms with Gasteiger partial charge in [0.1, 0.15) is 5.75 Å². The molecule has 2 rings (SSSR count). The first-order chi connectivity index (χ1) is 13.1. The van der Waals surface area contributed by atoms with Crippen molar-refractivity contribution >= 4 is 23.7 Å². The van der Waals surface area contributed by atoms with E-state index in [2.05, 4.69) is 10.5 Å². The quantitative estimate of drug-likeness (QED) is 0.524. The number of hydrogen-bond donors (Lipinski definition) is 1. The topological polar surface area (TPSA) is 78.4 Å². The first kappa shape index (κ1) is 20.4. The molecule has 0 atom stereocenters. The second-order valence-corrected chi connectivity index (χ2v) is 5.78. The molecule has 144 valence electrons. The predicted octanol–water partition coefficient (Wildman–Crippen LogP) is 3.03. The monoisotopic (exact) mass is 392 g/mol. The normalized spacial score (nSPS) is 10.5. The van der Waals surface area contributed by atoms with E-state index in [0.29, 0.717) is 28.6 Å². The van der Waals surface area contributed by atoms with E-state index < -0.39 is 0 Å². The van der Waals surface area contributed by atoms with Gasteiger partial charge in [0.25, 0.3) is 5.91 Å². The van der Waals surface area contributed by atoms with Gasteiger partial charge in [0.05, 0.1) is 32.6 Å². The van der Waals surface area contributed by atoms with Gasteiger partial charge in [0.2, 0.25) is 0 Å². The molecule has 0 saturated heterocycles. The van der Waals surface area contributed by atoms with Crippen LogP contribution in [-0.4, -0.2) is 40.1 Å². The largest absolute Gasteiger partial charge is 0.497 e. The fourth-order valence-corrected chi connectivity index (χ4v) is 2.54. The van der Waals surface area contributed by atoms with Gasteiger partial charge in [-0.25, -0.2) is 0 Å². The average Bonchev–Trinajstić information content (AvgIpc) is 2.69. The third-order valence-corrected chi connectivity index (χ3v) is 3.83. The minimum Gasteiger partial charge on any atom is -0.497 e. The van der Waals surface area contributed by atoms with Crippen molar-refractivity contribution < 1.29 is 23.8 Å². The van der Waals surface area contributed by atoms with Crippen LogP contribution in [0.1, 0.15) is 11.1 Å². The molecule has 0 aliphatic rings. The SMILES string of the molecule is COc1cccc(CNC(=O)CO/N=C/c2cc(Cl)c(OC)c(OC)c2)c1. The molecular formula is C19H21ClN2O5. The highest BCUT2D eigenvalue weighted by molar-refractivity contribution is 6.32. The highest BCUT2D eigenvalue weighted by Gasteiger charge is 2.10. The van der Waals surface area contributed by atoms with Crippen LogP contribution in [0.5, 0.6) is 17.2 Å². The van der Waals surface area contributed by atoms with Crippen LogP contribution in [0, 0.1) is 0 Å². The summed E-state index contributed by atoms with van der Waals surface area (Å²) in [6.45, 7) is 0.163. The third kappa shape index (κ3) is 6.07. The van der Waals surface area contributed by atoms with Gasteiger partial charge in [0, 0.05) is 12.1 Å². The molecule has 0 fully saturated rings. The molecule has 7 nitrogen and oxygen atoms in total. The maximum atomic E-state index is 11.8. The van der Waals surface area contributed by atoms with Crippen LogP contribution in [-0.2, 0) is 16.2 Å². The molecular weight excluding hydrogens is 372 g/mol. The van der Waals surface area contributed by atoms with Crippen LogP contribution >= 0.6 is 11.6 Å². The van der Waals surface area contributed by atoms with Gasteiger partial charge in [-0.3, -0.25) is 4.79 Å². The Morgan fingerprint density at radius 1 is 1.15 bits per heavy atom. The minimum atomic E-state index is -0.291. The third-order valence-electron chi connectivity index (χ3n) is 3.55. The molecule has 1 amide bonds. The molecule has 27 heavy (non-hydrogen) atoms. The number of oxime groups is 1. The molecule has 0 saturated carbocycles. The van der Waals surface area contributed by atoms with Gasteiger partial charge in [0.15, 0.2) is 18.1 Å². The summed E-state index contributed by atoms with van der Waals surface area (Å²) in [5.41, 5.74) is 1.57. The molecule has 0 radical (unpaired) electrons. The Morgan fingerprint density at radius 2 is 1.96 bits per heavy atom. The summed E-state index contributed by atoms with van der Waals surface area (Å²) in [6.07, 6.45) is 1.43. The second-order valence-electron chi connectivity index (χ2n) is 5.37. The molecule has 0 bridgehead atoms. The molecule has 0 unspecified atom stereocenters. The Labute approximate surface area is 162 Å². The maximum absolute atomic E-state index is 11.8. The molecule has 2 aromatic carbocycles. The van der Waals surface area contributed by atoms with Crippen molar-refractivity contribution in [3.8, 4) is 17.2 Å². The van der Waals surface area contributed by atoms with E-state index >= 15 is 0 Å². The zero-order chi connectivity index (χ0) is 19.6. The molecule has 8 heteroatoms. The first-order valence-electron chi connectivity index (χ1n) is 8.04. The van der Waals surface area contributed by atoms with Gasteiger partial charge in [-0.15, -0.1) is 0 Å². The highest BCUT2D eigenvalue weighted by Crippen LogP contribution is 2.35. The fraction of sp³-hybridized carbons (Fsp3) is 0.263. The number of carbonyl (C=O) groups is 1. The lowest BCUT2D eigenvalue weighted by atomic mass is 10.2. The second kappa shape index (κ2) is 10.3. The fourth-order valence-electron chi connectivity index (χ4n) is 2.24. The smallest absolute Gasteiger partial charge is 0.261 e. The Balaban J connectivity index is 1.83. The summed E-state index contributed by atoms with van der Waals surface area (Å²) in [6, 6.07) is 10.8. The number of methoxy groups -OCH3 is 3. The number of benzene rings is 2. The Kier molecular flexibility index (Phi) is 7.76. The molecule has 0 heterocycles. The van der Waals surface area contributed by atoms with Gasteiger partial charge >= 0.3 is 0 Å². The lowest BCUT2D eigenvalue weighted by molar-refractivity contribution is -0.125. The predicted molar refractivity (Wildman–Crippen MR) is 103 cm³/mol. The number of ether oxygens (including phenoxy) is 3. The van der Waals surface area contributed by atoms with Crippen LogP contribution in [0.4, 0.5) is 0 Å². The minimum absolute atomic E-state index is 0.207. The molecule has 0 spiro atoms. The lowest BCUT2D eigenvalue weighted by Gasteiger charge is -2.09. The number of amides is 1. The number of rotatable bonds is 9. The highest BCUT2D eigenvalue weighted by atomic mass is 35.5. The standard InChI is InChI=1S/C19H21ClN2O5/c1-24-15-6-4-5-13(7-15)10-21-18(23)12-27-22-11-14-8-16(20)19(26-3)17(9-14)25-2/h4-9,11H,10,12H2,1-3H3,(H,21,23)/b22-11+. The Hall–Kier alpha value is -2.93. The van der Waals surface area contributed by atoms with E-state index in [0.717, 1.165) is 11.3 Å². The van der Waals surface area contributed by atoms with Crippen molar-refractivity contribution in [3.05, 3.63) is 52.5 Å². The summed E-state index contributed by atoms with van der Waals surface area (Å²) in [4.78, 5) is 16.8. The van der Waals surface area contributed by atoms with Crippen molar-refractivity contribution in [1.29, 1.82) is 0 Å².